The third kappa shape index (κ3) is 4.64. The van der Waals surface area contributed by atoms with Gasteiger partial charge in [-0.1, -0.05) is 31.5 Å². The minimum Gasteiger partial charge on any atom is -0.488 e. The summed E-state index contributed by atoms with van der Waals surface area (Å²) >= 11 is 0. The first-order valence-electron chi connectivity index (χ1n) is 11.9. The molecule has 0 saturated heterocycles. The molecule has 3 aromatic carbocycles. The van der Waals surface area contributed by atoms with Crippen molar-refractivity contribution in [1.29, 1.82) is 0 Å². The van der Waals surface area contributed by atoms with Crippen molar-refractivity contribution in [3.8, 4) is 28.4 Å². The smallest absolute Gasteiger partial charge is 0.337 e. The Bertz CT molecular complexity index is 1470. The fraction of sp³-hybridized carbons (Fsp3) is 0.241. The highest BCUT2D eigenvalue weighted by molar-refractivity contribution is 5.89. The molecule has 0 atom stereocenters. The molecular formula is C29H26O7. The van der Waals surface area contributed by atoms with E-state index in [9.17, 15) is 9.59 Å². The van der Waals surface area contributed by atoms with Gasteiger partial charge >= 0.3 is 5.97 Å². The first-order valence-corrected chi connectivity index (χ1v) is 11.9. The molecule has 0 spiro atoms. The fourth-order valence-corrected chi connectivity index (χ4v) is 4.23. The molecule has 1 aliphatic rings. The van der Waals surface area contributed by atoms with E-state index in [1.165, 1.54) is 13.4 Å². The van der Waals surface area contributed by atoms with E-state index < -0.39 is 0 Å². The highest BCUT2D eigenvalue weighted by Gasteiger charge is 2.17. The van der Waals surface area contributed by atoms with Crippen molar-refractivity contribution in [2.24, 2.45) is 0 Å². The summed E-state index contributed by atoms with van der Waals surface area (Å²) in [5.74, 6) is 1.57. The van der Waals surface area contributed by atoms with Gasteiger partial charge in [-0.15, -0.1) is 0 Å². The predicted molar refractivity (Wildman–Crippen MR) is 135 cm³/mol. The van der Waals surface area contributed by atoms with E-state index in [1.54, 1.807) is 18.2 Å². The quantitative estimate of drug-likeness (QED) is 0.317. The van der Waals surface area contributed by atoms with Crippen LogP contribution in [-0.4, -0.2) is 26.3 Å². The molecule has 36 heavy (non-hydrogen) atoms. The van der Waals surface area contributed by atoms with Crippen LogP contribution in [0.25, 0.3) is 22.1 Å². The molecular weight excluding hydrogens is 460 g/mol. The molecule has 184 valence electrons. The van der Waals surface area contributed by atoms with Crippen molar-refractivity contribution in [2.75, 3.05) is 20.3 Å². The van der Waals surface area contributed by atoms with Gasteiger partial charge in [0.05, 0.1) is 23.6 Å². The van der Waals surface area contributed by atoms with Crippen molar-refractivity contribution in [1.82, 2.24) is 0 Å². The van der Waals surface area contributed by atoms with E-state index in [0.717, 1.165) is 24.0 Å². The van der Waals surface area contributed by atoms with Crippen LogP contribution in [0, 0.1) is 0 Å². The van der Waals surface area contributed by atoms with Crippen molar-refractivity contribution in [3.63, 3.8) is 0 Å². The van der Waals surface area contributed by atoms with Gasteiger partial charge in [-0.3, -0.25) is 4.79 Å². The van der Waals surface area contributed by atoms with Crippen LogP contribution in [0.15, 0.2) is 70.1 Å². The summed E-state index contributed by atoms with van der Waals surface area (Å²) in [5.41, 5.74) is 3.83. The van der Waals surface area contributed by atoms with E-state index in [0.29, 0.717) is 64.7 Å². The standard InChI is InChI=1S/C29H26O7/c1-3-4-21-13-22-26(15-25(21)35-16-18-5-7-19(8-6-18)29(31)32-2)36-17-23(28(22)30)20-9-10-24-27(14-20)34-12-11-33-24/h5-10,13-15,17H,3-4,11-12,16H2,1-2H3. The zero-order valence-corrected chi connectivity index (χ0v) is 20.2. The summed E-state index contributed by atoms with van der Waals surface area (Å²) in [6.45, 7) is 3.37. The van der Waals surface area contributed by atoms with Gasteiger partial charge in [0.2, 0.25) is 5.43 Å². The van der Waals surface area contributed by atoms with Crippen LogP contribution < -0.4 is 19.6 Å². The molecule has 7 nitrogen and oxygen atoms in total. The topological polar surface area (TPSA) is 84.2 Å². The minimum atomic E-state index is -0.382. The van der Waals surface area contributed by atoms with Gasteiger partial charge in [-0.2, -0.15) is 0 Å². The predicted octanol–water partition coefficient (Wildman–Crippen LogP) is 5.55. The van der Waals surface area contributed by atoms with E-state index in [-0.39, 0.29) is 11.4 Å². The normalized spacial score (nSPS) is 12.4. The number of aryl methyl sites for hydroxylation is 1. The lowest BCUT2D eigenvalue weighted by Crippen LogP contribution is -2.15. The van der Waals surface area contributed by atoms with Gasteiger partial charge < -0.3 is 23.4 Å². The first kappa shape index (κ1) is 23.5. The summed E-state index contributed by atoms with van der Waals surface area (Å²) in [6.07, 6.45) is 3.12. The number of fused-ring (bicyclic) bond motifs is 2. The Morgan fingerprint density at radius 3 is 2.50 bits per heavy atom. The maximum absolute atomic E-state index is 13.4. The van der Waals surface area contributed by atoms with E-state index in [2.05, 4.69) is 6.92 Å². The van der Waals surface area contributed by atoms with Gasteiger partial charge in [-0.05, 0) is 53.4 Å². The zero-order chi connectivity index (χ0) is 25.1. The number of methoxy groups -OCH3 is 1. The van der Waals surface area contributed by atoms with Crippen LogP contribution in [0.3, 0.4) is 0 Å². The molecule has 0 radical (unpaired) electrons. The van der Waals surface area contributed by atoms with Crippen LogP contribution in [0.1, 0.15) is 34.8 Å². The molecule has 0 fully saturated rings. The number of hydrogen-bond donors (Lipinski definition) is 0. The Morgan fingerprint density at radius 1 is 0.972 bits per heavy atom. The van der Waals surface area contributed by atoms with Gasteiger partial charge in [-0.25, -0.2) is 4.79 Å². The highest BCUT2D eigenvalue weighted by Crippen LogP contribution is 2.35. The molecule has 0 amide bonds. The Balaban J connectivity index is 1.45. The summed E-state index contributed by atoms with van der Waals surface area (Å²) in [6, 6.07) is 16.2. The lowest BCUT2D eigenvalue weighted by atomic mass is 10.0. The van der Waals surface area contributed by atoms with Gasteiger partial charge in [0.25, 0.3) is 0 Å². The molecule has 1 aromatic heterocycles. The van der Waals surface area contributed by atoms with Crippen LogP contribution in [0.2, 0.25) is 0 Å². The molecule has 7 heteroatoms. The summed E-state index contributed by atoms with van der Waals surface area (Å²) in [7, 11) is 1.35. The average molecular weight is 487 g/mol. The number of rotatable bonds is 7. The highest BCUT2D eigenvalue weighted by atomic mass is 16.6. The van der Waals surface area contributed by atoms with Gasteiger partial charge in [0.15, 0.2) is 11.5 Å². The Morgan fingerprint density at radius 2 is 1.75 bits per heavy atom. The summed E-state index contributed by atoms with van der Waals surface area (Å²) in [4.78, 5) is 25.1. The van der Waals surface area contributed by atoms with Crippen LogP contribution >= 0.6 is 0 Å². The second kappa shape index (κ2) is 10.2. The second-order valence-electron chi connectivity index (χ2n) is 8.52. The SMILES string of the molecule is CCCc1cc2c(=O)c(-c3ccc4c(c3)OCCO4)coc2cc1OCc1ccc(C(=O)OC)cc1. The van der Waals surface area contributed by atoms with Crippen LogP contribution in [0.4, 0.5) is 0 Å². The number of benzene rings is 3. The van der Waals surface area contributed by atoms with E-state index >= 15 is 0 Å². The summed E-state index contributed by atoms with van der Waals surface area (Å²) in [5, 5.41) is 0.501. The maximum atomic E-state index is 13.4. The largest absolute Gasteiger partial charge is 0.488 e. The average Bonchev–Trinajstić information content (AvgIpc) is 2.92. The summed E-state index contributed by atoms with van der Waals surface area (Å²) < 4.78 is 28.0. The molecule has 0 aliphatic carbocycles. The third-order valence-corrected chi connectivity index (χ3v) is 6.10. The van der Waals surface area contributed by atoms with Crippen molar-refractivity contribution in [3.05, 3.63) is 87.8 Å². The number of carbonyl (C=O) groups is 1. The number of ether oxygens (including phenoxy) is 4. The van der Waals surface area contributed by atoms with Crippen LogP contribution in [-0.2, 0) is 17.8 Å². The zero-order valence-electron chi connectivity index (χ0n) is 20.2. The first-order chi connectivity index (χ1) is 17.6. The monoisotopic (exact) mass is 486 g/mol. The Hall–Kier alpha value is -4.26. The fourth-order valence-electron chi connectivity index (χ4n) is 4.23. The van der Waals surface area contributed by atoms with Crippen molar-refractivity contribution >= 4 is 16.9 Å². The lowest BCUT2D eigenvalue weighted by Gasteiger charge is -2.18. The molecule has 4 aromatic rings. The minimum absolute atomic E-state index is 0.116. The number of esters is 1. The van der Waals surface area contributed by atoms with E-state index in [1.807, 2.05) is 36.4 Å². The van der Waals surface area contributed by atoms with Crippen molar-refractivity contribution < 1.29 is 28.2 Å². The molecule has 0 bridgehead atoms. The Labute approximate surface area is 208 Å². The molecule has 0 saturated carbocycles. The number of hydrogen-bond acceptors (Lipinski definition) is 7. The third-order valence-electron chi connectivity index (χ3n) is 6.10. The van der Waals surface area contributed by atoms with E-state index in [4.69, 9.17) is 23.4 Å². The van der Waals surface area contributed by atoms with Gasteiger partial charge in [0, 0.05) is 6.07 Å². The second-order valence-corrected chi connectivity index (χ2v) is 8.52. The molecule has 1 aliphatic heterocycles. The number of carbonyl (C=O) groups excluding carboxylic acids is 1. The Kier molecular flexibility index (Phi) is 6.62. The molecule has 2 heterocycles. The van der Waals surface area contributed by atoms with Gasteiger partial charge in [0.1, 0.15) is 37.4 Å². The maximum Gasteiger partial charge on any atom is 0.337 e. The van der Waals surface area contributed by atoms with Crippen LogP contribution in [0.5, 0.6) is 17.2 Å². The molecule has 0 unspecified atom stereocenters. The molecule has 0 N–H and O–H groups in total. The van der Waals surface area contributed by atoms with Crippen molar-refractivity contribution in [2.45, 2.75) is 26.4 Å². The molecule has 5 rings (SSSR count). The lowest BCUT2D eigenvalue weighted by molar-refractivity contribution is 0.0600.